The molecule has 0 aliphatic rings. The minimum atomic E-state index is -1.09. The molecule has 0 fully saturated rings. The first-order valence-corrected chi connectivity index (χ1v) is 20.0. The number of hydrogen-bond acceptors (Lipinski definition) is 7. The molecule has 0 aliphatic heterocycles. The number of nitrogens with zero attached hydrogens (tertiary/aromatic N) is 3. The Hall–Kier alpha value is -4.09. The lowest BCUT2D eigenvalue weighted by molar-refractivity contribution is -0.159. The minimum Gasteiger partial charge on any atom is -0.458 e. The van der Waals surface area contributed by atoms with Gasteiger partial charge in [0, 0.05) is 55.6 Å². The van der Waals surface area contributed by atoms with Crippen LogP contribution in [0.3, 0.4) is 0 Å². The molecule has 1 aromatic heterocycles. The van der Waals surface area contributed by atoms with Crippen molar-refractivity contribution in [3.63, 3.8) is 0 Å². The highest BCUT2D eigenvalue weighted by molar-refractivity contribution is 5.94. The fourth-order valence-electron chi connectivity index (χ4n) is 7.24. The predicted molar refractivity (Wildman–Crippen MR) is 223 cm³/mol. The summed E-state index contributed by atoms with van der Waals surface area (Å²) >= 11 is 0. The van der Waals surface area contributed by atoms with Gasteiger partial charge in [0.25, 0.3) is 0 Å². The van der Waals surface area contributed by atoms with Gasteiger partial charge in [-0.3, -0.25) is 19.3 Å². The summed E-state index contributed by atoms with van der Waals surface area (Å²) in [5.41, 5.74) is -1.36. The van der Waals surface area contributed by atoms with Gasteiger partial charge in [0.2, 0.25) is 17.7 Å². The van der Waals surface area contributed by atoms with Gasteiger partial charge in [-0.2, -0.15) is 0 Å². The number of likely N-dealkylation sites (N-methyl/N-ethyl adjacent to an activating group) is 2. The fraction of sp³-hybridized carbons (Fsp3) is 0.705. The number of amides is 4. The molecule has 0 saturated carbocycles. The van der Waals surface area contributed by atoms with Gasteiger partial charge in [-0.1, -0.05) is 86.9 Å². The lowest BCUT2D eigenvalue weighted by atomic mass is 9.76. The summed E-state index contributed by atoms with van der Waals surface area (Å²) in [4.78, 5) is 72.6. The molecule has 12 heteroatoms. The van der Waals surface area contributed by atoms with Gasteiger partial charge < -0.3 is 29.6 Å². The Balaban J connectivity index is 2.51. The van der Waals surface area contributed by atoms with Crippen LogP contribution >= 0.6 is 0 Å². The van der Waals surface area contributed by atoms with Crippen molar-refractivity contribution in [1.29, 1.82) is 0 Å². The van der Waals surface area contributed by atoms with E-state index in [-0.39, 0.29) is 23.8 Å². The minimum absolute atomic E-state index is 0.0517. The van der Waals surface area contributed by atoms with E-state index >= 15 is 0 Å². The Labute approximate surface area is 336 Å². The van der Waals surface area contributed by atoms with Gasteiger partial charge in [0.15, 0.2) is 0 Å². The molecule has 1 aromatic carbocycles. The largest absolute Gasteiger partial charge is 0.458 e. The van der Waals surface area contributed by atoms with Crippen LogP contribution < -0.4 is 10.6 Å². The smallest absolute Gasteiger partial charge is 0.410 e. The monoisotopic (exact) mass is 784 g/mol. The number of carbonyl (C=O) groups excluding carboxylic acids is 5. The summed E-state index contributed by atoms with van der Waals surface area (Å²) in [6, 6.07) is 4.66. The van der Waals surface area contributed by atoms with Crippen molar-refractivity contribution in [2.45, 2.75) is 164 Å². The second-order valence-corrected chi connectivity index (χ2v) is 19.5. The van der Waals surface area contributed by atoms with Crippen molar-refractivity contribution in [3.05, 3.63) is 36.0 Å². The van der Waals surface area contributed by atoms with Crippen molar-refractivity contribution in [1.82, 2.24) is 25.0 Å². The summed E-state index contributed by atoms with van der Waals surface area (Å²) in [7, 11) is 5.20. The molecule has 0 bridgehead atoms. The molecule has 316 valence electrons. The molecule has 1 unspecified atom stereocenters. The lowest BCUT2D eigenvalue weighted by Gasteiger charge is -2.42. The average molecular weight is 784 g/mol. The Morgan fingerprint density at radius 3 is 1.84 bits per heavy atom. The number of para-hydroxylation sites is 1. The third-order valence-electron chi connectivity index (χ3n) is 10.2. The van der Waals surface area contributed by atoms with Gasteiger partial charge in [-0.25, -0.2) is 9.59 Å². The van der Waals surface area contributed by atoms with Crippen LogP contribution in [0.15, 0.2) is 30.5 Å². The lowest BCUT2D eigenvalue weighted by Crippen LogP contribution is -2.63. The number of aromatic nitrogens is 1. The summed E-state index contributed by atoms with van der Waals surface area (Å²) < 4.78 is 13.3. The van der Waals surface area contributed by atoms with E-state index in [2.05, 4.69) is 10.6 Å². The van der Waals surface area contributed by atoms with Crippen LogP contribution in [0.5, 0.6) is 0 Å². The topological polar surface area (TPSA) is 139 Å². The molecule has 0 aliphatic carbocycles. The van der Waals surface area contributed by atoms with Crippen molar-refractivity contribution in [2.24, 2.45) is 24.3 Å². The van der Waals surface area contributed by atoms with Crippen molar-refractivity contribution in [3.8, 4) is 0 Å². The average Bonchev–Trinajstić information content (AvgIpc) is 3.39. The van der Waals surface area contributed by atoms with E-state index in [4.69, 9.17) is 9.47 Å². The number of carbonyl (C=O) groups is 5. The van der Waals surface area contributed by atoms with Crippen LogP contribution in [-0.2, 0) is 41.1 Å². The summed E-state index contributed by atoms with van der Waals surface area (Å²) in [5, 5.41) is 6.93. The highest BCUT2D eigenvalue weighted by Crippen LogP contribution is 2.37. The number of benzene rings is 1. The van der Waals surface area contributed by atoms with Crippen molar-refractivity contribution < 1.29 is 33.4 Å². The van der Waals surface area contributed by atoms with E-state index in [9.17, 15) is 24.0 Å². The molecular formula is C44H73N5O7. The second-order valence-electron chi connectivity index (χ2n) is 19.5. The van der Waals surface area contributed by atoms with Gasteiger partial charge in [-0.05, 0) is 77.3 Å². The van der Waals surface area contributed by atoms with E-state index in [0.717, 1.165) is 16.5 Å². The van der Waals surface area contributed by atoms with Crippen LogP contribution in [0.2, 0.25) is 0 Å². The molecule has 1 heterocycles. The molecule has 2 rings (SSSR count). The zero-order chi connectivity index (χ0) is 43.3. The summed E-state index contributed by atoms with van der Waals surface area (Å²) in [6.45, 7) is 27.9. The Bertz CT molecular complexity index is 1690. The first kappa shape index (κ1) is 48.1. The zero-order valence-corrected chi connectivity index (χ0v) is 37.7. The normalized spacial score (nSPS) is 15.3. The van der Waals surface area contributed by atoms with E-state index in [1.807, 2.05) is 97.5 Å². The maximum atomic E-state index is 14.8. The fourth-order valence-corrected chi connectivity index (χ4v) is 7.24. The SMILES string of the molecule is CCC[C@@H](NC(=O)C(C)C[C@@H](C(C)C)N(C)C(=O)[C@@H](NC(=O)[C@@H](N(C)C(=O)OC(C)(C)C)C(C)(C)c1cn(C)c2ccccc12)C(C)(C)C)C(=O)OC(C)(C)C. The van der Waals surface area contributed by atoms with Gasteiger partial charge in [0.1, 0.15) is 29.3 Å². The van der Waals surface area contributed by atoms with Crippen LogP contribution in [0.1, 0.15) is 129 Å². The molecular weight excluding hydrogens is 711 g/mol. The van der Waals surface area contributed by atoms with Crippen LogP contribution in [0, 0.1) is 17.3 Å². The van der Waals surface area contributed by atoms with E-state index < -0.39 is 64.0 Å². The zero-order valence-electron chi connectivity index (χ0n) is 37.7. The van der Waals surface area contributed by atoms with Gasteiger partial charge in [-0.15, -0.1) is 0 Å². The molecule has 12 nitrogen and oxygen atoms in total. The maximum Gasteiger partial charge on any atom is 0.410 e. The highest BCUT2D eigenvalue weighted by atomic mass is 16.6. The Kier molecular flexibility index (Phi) is 15.8. The summed E-state index contributed by atoms with van der Waals surface area (Å²) in [5.74, 6) is -2.20. The maximum absolute atomic E-state index is 14.8. The third kappa shape index (κ3) is 12.5. The van der Waals surface area contributed by atoms with E-state index in [1.54, 1.807) is 67.5 Å². The standard InChI is InChI=1S/C44H73N5O7/c1-19-22-31(39(53)55-42(8,9)10)45-36(50)28(4)25-33(27(2)3)48(17)38(52)34(41(5,6)7)46-37(51)35(49(18)40(54)56-43(11,12)13)44(14,15)30-26-47(16)32-24-21-20-23-29(30)32/h20-21,23-24,26-28,31,33-35H,19,22,25H2,1-18H3,(H,45,50)(H,46,51)/t28?,31-,33+,34-,35-/m1/s1. The molecule has 2 N–H and O–H groups in total. The summed E-state index contributed by atoms with van der Waals surface area (Å²) in [6.07, 6.45) is 2.76. The first-order valence-electron chi connectivity index (χ1n) is 20.0. The number of rotatable bonds is 15. The van der Waals surface area contributed by atoms with Crippen LogP contribution in [0.4, 0.5) is 4.79 Å². The predicted octanol–water partition coefficient (Wildman–Crippen LogP) is 7.36. The molecule has 56 heavy (non-hydrogen) atoms. The molecule has 4 amide bonds. The molecule has 0 radical (unpaired) electrons. The second kappa shape index (κ2) is 18.4. The van der Waals surface area contributed by atoms with E-state index in [1.165, 1.54) is 4.90 Å². The van der Waals surface area contributed by atoms with Crippen LogP contribution in [-0.4, -0.2) is 93.6 Å². The molecule has 0 spiro atoms. The third-order valence-corrected chi connectivity index (χ3v) is 10.2. The number of nitrogens with one attached hydrogen (secondary N) is 2. The highest BCUT2D eigenvalue weighted by Gasteiger charge is 2.47. The quantitative estimate of drug-likeness (QED) is 0.180. The Morgan fingerprint density at radius 2 is 1.34 bits per heavy atom. The van der Waals surface area contributed by atoms with Crippen molar-refractivity contribution >= 4 is 40.7 Å². The van der Waals surface area contributed by atoms with Gasteiger partial charge >= 0.3 is 12.1 Å². The number of esters is 1. The van der Waals surface area contributed by atoms with Crippen molar-refractivity contribution in [2.75, 3.05) is 14.1 Å². The van der Waals surface area contributed by atoms with Gasteiger partial charge in [0.05, 0.1) is 0 Å². The Morgan fingerprint density at radius 1 is 0.786 bits per heavy atom. The number of ether oxygens (including phenoxy) is 2. The van der Waals surface area contributed by atoms with E-state index in [0.29, 0.717) is 19.3 Å². The molecule has 0 saturated heterocycles. The number of aryl methyl sites for hydroxylation is 1. The number of fused-ring (bicyclic) bond motifs is 1. The molecule has 2 aromatic rings. The molecule has 5 atom stereocenters. The first-order chi connectivity index (χ1) is 25.4. The van der Waals surface area contributed by atoms with Crippen LogP contribution in [0.25, 0.3) is 10.9 Å². The number of hydrogen-bond donors (Lipinski definition) is 2.